The summed E-state index contributed by atoms with van der Waals surface area (Å²) in [5.41, 5.74) is 4.12. The molecule has 1 aliphatic heterocycles. The molecule has 1 saturated carbocycles. The summed E-state index contributed by atoms with van der Waals surface area (Å²) in [7, 11) is 1.71. The number of rotatable bonds is 12. The van der Waals surface area contributed by atoms with Crippen molar-refractivity contribution < 1.29 is 23.1 Å². The van der Waals surface area contributed by atoms with Crippen LogP contribution in [0.25, 0.3) is 0 Å². The third-order valence-electron chi connectivity index (χ3n) is 7.34. The lowest BCUT2D eigenvalue weighted by Crippen LogP contribution is -2.41. The maximum absolute atomic E-state index is 13.3. The molecule has 11 heteroatoms. The number of aromatic nitrogens is 4. The molecule has 9 nitrogen and oxygen atoms in total. The molecule has 0 bridgehead atoms. The number of halogens is 2. The van der Waals surface area contributed by atoms with Gasteiger partial charge in [-0.3, -0.25) is 14.3 Å². The molecular formula is C29H36F2N6O3. The van der Waals surface area contributed by atoms with Crippen molar-refractivity contribution in [2.45, 2.75) is 77.5 Å². The molecule has 1 aliphatic carbocycles. The second kappa shape index (κ2) is 11.5. The van der Waals surface area contributed by atoms with E-state index in [2.05, 4.69) is 15.7 Å². The molecule has 1 fully saturated rings. The largest absolute Gasteiger partial charge is 0.371 e. The molecule has 1 aromatic carbocycles. The lowest BCUT2D eigenvalue weighted by Gasteiger charge is -2.23. The van der Waals surface area contributed by atoms with E-state index in [1.54, 1.807) is 17.8 Å². The molecule has 40 heavy (non-hydrogen) atoms. The van der Waals surface area contributed by atoms with Crippen LogP contribution in [0.15, 0.2) is 30.3 Å². The number of carbonyl (C=O) groups excluding carboxylic acids is 2. The van der Waals surface area contributed by atoms with Crippen molar-refractivity contribution in [2.75, 3.05) is 11.9 Å². The average Bonchev–Trinajstić information content (AvgIpc) is 3.56. The van der Waals surface area contributed by atoms with E-state index in [0.717, 1.165) is 30.2 Å². The Kier molecular flexibility index (Phi) is 8.02. The number of hydrogen-bond acceptors (Lipinski definition) is 5. The first-order chi connectivity index (χ1) is 19.1. The van der Waals surface area contributed by atoms with Crippen molar-refractivity contribution in [3.63, 3.8) is 0 Å². The molecule has 0 unspecified atom stereocenters. The van der Waals surface area contributed by atoms with Crippen molar-refractivity contribution in [1.29, 1.82) is 0 Å². The van der Waals surface area contributed by atoms with Crippen LogP contribution in [0, 0.1) is 12.8 Å². The summed E-state index contributed by atoms with van der Waals surface area (Å²) in [6.07, 6.45) is 5.31. The number of fused-ring (bicyclic) bond motifs is 1. The van der Waals surface area contributed by atoms with E-state index in [0.29, 0.717) is 54.5 Å². The lowest BCUT2D eigenvalue weighted by molar-refractivity contribution is -0.0673. The normalized spacial score (nSPS) is 17.0. The van der Waals surface area contributed by atoms with E-state index in [-0.39, 0.29) is 24.5 Å². The maximum Gasteiger partial charge on any atom is 0.275 e. The summed E-state index contributed by atoms with van der Waals surface area (Å²) in [6.45, 7) is 2.79. The molecule has 3 heterocycles. The third kappa shape index (κ3) is 6.93. The number of aryl methyl sites for hydroxylation is 4. The van der Waals surface area contributed by atoms with Gasteiger partial charge in [-0.1, -0.05) is 37.1 Å². The van der Waals surface area contributed by atoms with Gasteiger partial charge in [0.2, 0.25) is 0 Å². The molecule has 2 N–H and O–H groups in total. The Bertz CT molecular complexity index is 1390. The average molecular weight is 555 g/mol. The van der Waals surface area contributed by atoms with Gasteiger partial charge in [0, 0.05) is 33.0 Å². The predicted octanol–water partition coefficient (Wildman–Crippen LogP) is 4.44. The highest BCUT2D eigenvalue weighted by molar-refractivity contribution is 6.08. The van der Waals surface area contributed by atoms with Crippen LogP contribution in [-0.4, -0.2) is 49.9 Å². The van der Waals surface area contributed by atoms with Gasteiger partial charge in [-0.05, 0) is 49.3 Å². The highest BCUT2D eigenvalue weighted by atomic mass is 19.3. The molecule has 2 aromatic heterocycles. The fourth-order valence-corrected chi connectivity index (χ4v) is 5.17. The number of amides is 2. The number of benzene rings is 1. The predicted molar refractivity (Wildman–Crippen MR) is 145 cm³/mol. The van der Waals surface area contributed by atoms with Gasteiger partial charge in [-0.25, -0.2) is 13.5 Å². The molecule has 1 atom stereocenters. The molecule has 214 valence electrons. The van der Waals surface area contributed by atoms with Gasteiger partial charge in [0.1, 0.15) is 23.7 Å². The van der Waals surface area contributed by atoms with Crippen LogP contribution in [0.5, 0.6) is 0 Å². The van der Waals surface area contributed by atoms with Crippen LogP contribution >= 0.6 is 0 Å². The van der Waals surface area contributed by atoms with Crippen molar-refractivity contribution in [3.8, 4) is 0 Å². The fourth-order valence-electron chi connectivity index (χ4n) is 5.17. The molecule has 5 rings (SSSR count). The maximum atomic E-state index is 13.3. The Morgan fingerprint density at radius 3 is 2.67 bits per heavy atom. The summed E-state index contributed by atoms with van der Waals surface area (Å²) in [6, 6.07) is 9.26. The van der Waals surface area contributed by atoms with Gasteiger partial charge in [-0.2, -0.15) is 10.2 Å². The second-order valence-corrected chi connectivity index (χ2v) is 11.2. The number of nitrogens with zero attached hydrogens (tertiary/aromatic N) is 4. The summed E-state index contributed by atoms with van der Waals surface area (Å²) in [4.78, 5) is 26.4. The van der Waals surface area contributed by atoms with E-state index >= 15 is 0 Å². The van der Waals surface area contributed by atoms with Crippen molar-refractivity contribution in [1.82, 2.24) is 24.9 Å². The Labute approximate surface area is 232 Å². The number of carbonyl (C=O) groups is 2. The first-order valence-electron chi connectivity index (χ1n) is 13.8. The zero-order chi connectivity index (χ0) is 28.4. The van der Waals surface area contributed by atoms with Gasteiger partial charge in [0.25, 0.3) is 17.7 Å². The van der Waals surface area contributed by atoms with Gasteiger partial charge in [0.05, 0.1) is 18.0 Å². The Hall–Kier alpha value is -3.60. The van der Waals surface area contributed by atoms with E-state index < -0.39 is 12.5 Å². The first-order valence-corrected chi connectivity index (χ1v) is 13.8. The third-order valence-corrected chi connectivity index (χ3v) is 7.34. The van der Waals surface area contributed by atoms with E-state index in [9.17, 15) is 18.4 Å². The van der Waals surface area contributed by atoms with Crippen molar-refractivity contribution in [3.05, 3.63) is 64.1 Å². The summed E-state index contributed by atoms with van der Waals surface area (Å²) in [5.74, 6) is -2.34. The van der Waals surface area contributed by atoms with Crippen LogP contribution in [0.4, 0.5) is 14.6 Å². The second-order valence-electron chi connectivity index (χ2n) is 11.2. The number of ether oxygens (including phenoxy) is 1. The van der Waals surface area contributed by atoms with Gasteiger partial charge < -0.3 is 15.4 Å². The lowest BCUT2D eigenvalue weighted by atomic mass is 9.95. The number of hydrogen-bond donors (Lipinski definition) is 2. The highest BCUT2D eigenvalue weighted by Crippen LogP contribution is 2.34. The Morgan fingerprint density at radius 2 is 1.98 bits per heavy atom. The summed E-state index contributed by atoms with van der Waals surface area (Å²) >= 11 is 0. The number of nitrogens with one attached hydrogen (secondary N) is 2. The minimum atomic E-state index is -2.86. The molecule has 0 spiro atoms. The topological polar surface area (TPSA) is 103 Å². The van der Waals surface area contributed by atoms with Crippen LogP contribution in [-0.2, 0) is 37.8 Å². The zero-order valence-corrected chi connectivity index (χ0v) is 23.2. The monoisotopic (exact) mass is 554 g/mol. The minimum absolute atomic E-state index is 0.117. The quantitative estimate of drug-likeness (QED) is 0.345. The van der Waals surface area contributed by atoms with Gasteiger partial charge >= 0.3 is 0 Å². The van der Waals surface area contributed by atoms with Crippen molar-refractivity contribution >= 4 is 17.6 Å². The Morgan fingerprint density at radius 1 is 1.20 bits per heavy atom. The van der Waals surface area contributed by atoms with Crippen LogP contribution in [0.3, 0.4) is 0 Å². The number of alkyl halides is 2. The SMILES string of the molecule is Cc1cc(C(=O)Nc2c3c(nn2CCC2CC2)C[C@H](CCc2cccc(COCC(C)(F)F)c2)NC3=O)n(C)n1. The van der Waals surface area contributed by atoms with Crippen LogP contribution in [0.1, 0.15) is 76.0 Å². The fraction of sp³-hybridized carbons (Fsp3) is 0.517. The Balaban J connectivity index is 1.27. The molecule has 0 saturated heterocycles. The molecule has 3 aromatic rings. The zero-order valence-electron chi connectivity index (χ0n) is 23.2. The molecular weight excluding hydrogens is 518 g/mol. The van der Waals surface area contributed by atoms with Crippen LogP contribution < -0.4 is 10.6 Å². The standard InChI is InChI=1S/C29H36F2N6O3/c1-18-13-24(36(3)34-18)27(38)33-26-25-23(35-37(26)12-11-19-7-8-19)15-22(32-28(25)39)10-9-20-5-4-6-21(14-20)16-40-17-29(2,30)31/h4-6,13-14,19,22H,7-12,15-17H2,1-3H3,(H,32,39)(H,33,38)/t22-/m0/s1. The minimum Gasteiger partial charge on any atom is -0.371 e. The smallest absolute Gasteiger partial charge is 0.275 e. The van der Waals surface area contributed by atoms with Gasteiger partial charge in [0.15, 0.2) is 0 Å². The summed E-state index contributed by atoms with van der Waals surface area (Å²) < 4.78 is 34.5. The van der Waals surface area contributed by atoms with Crippen LogP contribution in [0.2, 0.25) is 0 Å². The highest BCUT2D eigenvalue weighted by Gasteiger charge is 2.33. The molecule has 2 aliphatic rings. The van der Waals surface area contributed by atoms with Gasteiger partial charge in [-0.15, -0.1) is 0 Å². The van der Waals surface area contributed by atoms with E-state index in [1.807, 2.05) is 31.2 Å². The number of anilines is 1. The first kappa shape index (κ1) is 27.9. The van der Waals surface area contributed by atoms with E-state index in [4.69, 9.17) is 9.84 Å². The molecule has 2 amide bonds. The van der Waals surface area contributed by atoms with E-state index in [1.165, 1.54) is 17.5 Å². The van der Waals surface area contributed by atoms with Crippen molar-refractivity contribution in [2.24, 2.45) is 13.0 Å². The summed E-state index contributed by atoms with van der Waals surface area (Å²) in [5, 5.41) is 15.1. The molecule has 0 radical (unpaired) electrons.